The first kappa shape index (κ1) is 21.7. The summed E-state index contributed by atoms with van der Waals surface area (Å²) in [7, 11) is 0. The van der Waals surface area contributed by atoms with Crippen molar-refractivity contribution in [3.05, 3.63) is 53.9 Å². The Morgan fingerprint density at radius 1 is 1.21 bits per heavy atom. The molecule has 2 heterocycles. The maximum absolute atomic E-state index is 12.5. The monoisotopic (exact) mass is 623 g/mol. The normalized spacial score (nSPS) is 14.5. The Hall–Kier alpha value is -0.561. The SMILES string of the molecule is O=C(NCc1nn(-c2ccc(Cl)cc2Cl)c(-c2ccc(Br)[se]2)c1Br)C1CCCC1. The van der Waals surface area contributed by atoms with Gasteiger partial charge in [0.25, 0.3) is 0 Å². The standard InChI is InChI=1S/C20H17Br2Cl2N3OSe/c21-17-8-7-16(29-17)19-18(22)14(10-25-20(28)11-3-1-2-4-11)26-27(19)15-6-5-12(23)9-13(15)24/h5-9,11H,1-4,10H2,(H,25,28). The number of aromatic nitrogens is 2. The molecule has 1 fully saturated rings. The Bertz CT molecular complexity index is 1060. The summed E-state index contributed by atoms with van der Waals surface area (Å²) < 4.78 is 5.05. The Labute approximate surface area is 202 Å². The van der Waals surface area contributed by atoms with Crippen molar-refractivity contribution in [2.24, 2.45) is 5.92 Å². The van der Waals surface area contributed by atoms with Crippen LogP contribution in [-0.4, -0.2) is 30.2 Å². The van der Waals surface area contributed by atoms with Crippen LogP contribution in [0.3, 0.4) is 0 Å². The molecule has 3 aromatic rings. The fourth-order valence-electron chi connectivity index (χ4n) is 3.54. The molecule has 0 spiro atoms. The molecule has 1 N–H and O–H groups in total. The van der Waals surface area contributed by atoms with Gasteiger partial charge in [-0.05, 0) is 0 Å². The molecule has 152 valence electrons. The second-order valence-corrected chi connectivity index (χ2v) is 12.9. The molecular formula is C20H17Br2Cl2N3OSe. The molecule has 4 nitrogen and oxygen atoms in total. The minimum atomic E-state index is 0.115. The van der Waals surface area contributed by atoms with E-state index in [4.69, 9.17) is 28.3 Å². The Balaban J connectivity index is 1.71. The summed E-state index contributed by atoms with van der Waals surface area (Å²) in [6, 6.07) is 9.52. The first-order valence-corrected chi connectivity index (χ1v) is 13.3. The quantitative estimate of drug-likeness (QED) is 0.342. The fraction of sp³-hybridized carbons (Fsp3) is 0.300. The van der Waals surface area contributed by atoms with Gasteiger partial charge in [0.2, 0.25) is 0 Å². The third-order valence-corrected chi connectivity index (χ3v) is 9.32. The van der Waals surface area contributed by atoms with Crippen molar-refractivity contribution in [1.82, 2.24) is 15.1 Å². The van der Waals surface area contributed by atoms with Gasteiger partial charge in [0.15, 0.2) is 0 Å². The summed E-state index contributed by atoms with van der Waals surface area (Å²) >= 11 is 20.0. The van der Waals surface area contributed by atoms with Crippen molar-refractivity contribution >= 4 is 75.5 Å². The third kappa shape index (κ3) is 4.70. The average molecular weight is 625 g/mol. The van der Waals surface area contributed by atoms with Crippen LogP contribution >= 0.6 is 55.1 Å². The summed E-state index contributed by atoms with van der Waals surface area (Å²) in [4.78, 5) is 12.5. The third-order valence-electron chi connectivity index (χ3n) is 4.99. The van der Waals surface area contributed by atoms with Gasteiger partial charge >= 0.3 is 203 Å². The molecule has 4 rings (SSSR count). The van der Waals surface area contributed by atoms with E-state index in [-0.39, 0.29) is 26.3 Å². The molecule has 1 aromatic carbocycles. The van der Waals surface area contributed by atoms with Crippen LogP contribution in [0.15, 0.2) is 38.2 Å². The van der Waals surface area contributed by atoms with Gasteiger partial charge in [0, 0.05) is 0 Å². The van der Waals surface area contributed by atoms with Gasteiger partial charge in [-0.3, -0.25) is 0 Å². The molecule has 9 heteroatoms. The van der Waals surface area contributed by atoms with Crippen LogP contribution in [0, 0.1) is 5.92 Å². The van der Waals surface area contributed by atoms with E-state index >= 15 is 0 Å². The zero-order valence-corrected chi connectivity index (χ0v) is 21.6. The van der Waals surface area contributed by atoms with Crippen LogP contribution in [0.25, 0.3) is 15.8 Å². The van der Waals surface area contributed by atoms with Crippen molar-refractivity contribution in [2.75, 3.05) is 0 Å². The van der Waals surface area contributed by atoms with Crippen molar-refractivity contribution < 1.29 is 4.79 Å². The Kier molecular flexibility index (Phi) is 6.94. The van der Waals surface area contributed by atoms with E-state index in [9.17, 15) is 4.79 Å². The van der Waals surface area contributed by atoms with Crippen molar-refractivity contribution in [2.45, 2.75) is 32.2 Å². The molecule has 0 unspecified atom stereocenters. The summed E-state index contributed by atoms with van der Waals surface area (Å²) in [5.41, 5.74) is 2.47. The van der Waals surface area contributed by atoms with E-state index in [0.717, 1.165) is 50.6 Å². The zero-order valence-electron chi connectivity index (χ0n) is 15.2. The van der Waals surface area contributed by atoms with Crippen molar-refractivity contribution in [3.8, 4) is 15.8 Å². The summed E-state index contributed by atoms with van der Waals surface area (Å²) in [6.45, 7) is 0.371. The van der Waals surface area contributed by atoms with Gasteiger partial charge in [0.05, 0.1) is 0 Å². The Morgan fingerprint density at radius 2 is 1.97 bits per heavy atom. The molecule has 0 radical (unpaired) electrons. The van der Waals surface area contributed by atoms with Crippen molar-refractivity contribution in [3.63, 3.8) is 0 Å². The van der Waals surface area contributed by atoms with E-state index < -0.39 is 0 Å². The Morgan fingerprint density at radius 3 is 2.62 bits per heavy atom. The second kappa shape index (κ2) is 9.29. The molecule has 1 aliphatic carbocycles. The maximum atomic E-state index is 12.5. The number of hydrogen-bond acceptors (Lipinski definition) is 2. The first-order valence-electron chi connectivity index (χ1n) is 9.20. The molecule has 0 saturated heterocycles. The number of halogens is 4. The van der Waals surface area contributed by atoms with E-state index in [1.165, 1.54) is 4.44 Å². The molecule has 0 bridgehead atoms. The molecule has 0 atom stereocenters. The van der Waals surface area contributed by atoms with Gasteiger partial charge in [-0.2, -0.15) is 0 Å². The predicted molar refractivity (Wildman–Crippen MR) is 125 cm³/mol. The van der Waals surface area contributed by atoms with Crippen LogP contribution < -0.4 is 5.32 Å². The zero-order chi connectivity index (χ0) is 20.5. The number of nitrogens with one attached hydrogen (secondary N) is 1. The van der Waals surface area contributed by atoms with Crippen LogP contribution in [0.4, 0.5) is 0 Å². The number of carbonyl (C=O) groups is 1. The summed E-state index contributed by atoms with van der Waals surface area (Å²) in [5, 5.41) is 8.95. The molecular weight excluding hydrogens is 608 g/mol. The van der Waals surface area contributed by atoms with E-state index in [1.54, 1.807) is 12.1 Å². The van der Waals surface area contributed by atoms with Crippen LogP contribution in [0.5, 0.6) is 0 Å². The predicted octanol–water partition coefficient (Wildman–Crippen LogP) is 6.23. The van der Waals surface area contributed by atoms with E-state index in [0.29, 0.717) is 16.6 Å². The van der Waals surface area contributed by atoms with Gasteiger partial charge in [0.1, 0.15) is 0 Å². The summed E-state index contributed by atoms with van der Waals surface area (Å²) in [6.07, 6.45) is 4.21. The van der Waals surface area contributed by atoms with E-state index in [2.05, 4.69) is 49.3 Å². The van der Waals surface area contributed by atoms with Gasteiger partial charge < -0.3 is 0 Å². The van der Waals surface area contributed by atoms with Gasteiger partial charge in [-0.15, -0.1) is 0 Å². The van der Waals surface area contributed by atoms with Crippen LogP contribution in [0.1, 0.15) is 31.4 Å². The number of nitrogens with zero attached hydrogens (tertiary/aromatic N) is 2. The summed E-state index contributed by atoms with van der Waals surface area (Å²) in [5.74, 6) is 0.241. The number of amides is 1. The fourth-order valence-corrected chi connectivity index (χ4v) is 7.58. The first-order chi connectivity index (χ1) is 13.9. The molecule has 1 saturated carbocycles. The number of rotatable bonds is 5. The van der Waals surface area contributed by atoms with E-state index in [1.807, 2.05) is 10.7 Å². The van der Waals surface area contributed by atoms with Crippen LogP contribution in [-0.2, 0) is 11.3 Å². The van der Waals surface area contributed by atoms with Crippen molar-refractivity contribution in [1.29, 1.82) is 0 Å². The van der Waals surface area contributed by atoms with Gasteiger partial charge in [-0.25, -0.2) is 0 Å². The minimum absolute atomic E-state index is 0.115. The number of carbonyl (C=O) groups excluding carboxylic acids is 1. The van der Waals surface area contributed by atoms with Gasteiger partial charge in [-0.1, -0.05) is 0 Å². The van der Waals surface area contributed by atoms with Crippen LogP contribution in [0.2, 0.25) is 10.0 Å². The molecule has 0 aliphatic heterocycles. The number of benzene rings is 1. The number of hydrogen-bond donors (Lipinski definition) is 1. The molecule has 1 amide bonds. The molecule has 1 aliphatic rings. The molecule has 29 heavy (non-hydrogen) atoms. The second-order valence-electron chi connectivity index (χ2n) is 6.92. The topological polar surface area (TPSA) is 46.9 Å². The molecule has 2 aromatic heterocycles. The average Bonchev–Trinajstić information content (AvgIpc) is 3.41.